The molecular formula is C17H21Cl2N5O. The van der Waals surface area contributed by atoms with E-state index in [1.807, 2.05) is 18.2 Å². The van der Waals surface area contributed by atoms with Crippen LogP contribution in [-0.4, -0.2) is 36.1 Å². The Balaban J connectivity index is 0.00000156. The second-order valence-electron chi connectivity index (χ2n) is 5.41. The van der Waals surface area contributed by atoms with E-state index in [4.69, 9.17) is 10.00 Å². The van der Waals surface area contributed by atoms with Gasteiger partial charge in [0.15, 0.2) is 5.82 Å². The van der Waals surface area contributed by atoms with Crippen LogP contribution in [0.4, 0.5) is 5.82 Å². The summed E-state index contributed by atoms with van der Waals surface area (Å²) in [5.74, 6) is 1.35. The molecule has 3 rings (SSSR count). The number of nitrogens with zero attached hydrogens (tertiary/aromatic N) is 4. The van der Waals surface area contributed by atoms with Crippen molar-refractivity contribution < 1.29 is 4.74 Å². The van der Waals surface area contributed by atoms with Gasteiger partial charge in [0.05, 0.1) is 24.0 Å². The summed E-state index contributed by atoms with van der Waals surface area (Å²) in [6.45, 7) is 4.25. The fraction of sp³-hybridized carbons (Fsp3) is 0.353. The van der Waals surface area contributed by atoms with Crippen molar-refractivity contribution in [2.75, 3.05) is 31.1 Å². The van der Waals surface area contributed by atoms with E-state index >= 15 is 0 Å². The standard InChI is InChI=1S/C17H19N5O.2ClH/c18-10-14-3-1-4-15(9-14)13-23-17-12-20-11-16(21-17)22-7-2-5-19-6-8-22;;/h1,3-4,9,11-12,19H,2,5-8,13H2;2*1H. The van der Waals surface area contributed by atoms with Gasteiger partial charge >= 0.3 is 0 Å². The predicted molar refractivity (Wildman–Crippen MR) is 102 cm³/mol. The van der Waals surface area contributed by atoms with Crippen molar-refractivity contribution in [3.63, 3.8) is 0 Å². The van der Waals surface area contributed by atoms with E-state index in [2.05, 4.69) is 26.3 Å². The van der Waals surface area contributed by atoms with Crippen LogP contribution in [0.25, 0.3) is 0 Å². The topological polar surface area (TPSA) is 74.1 Å². The van der Waals surface area contributed by atoms with Crippen LogP contribution in [0.3, 0.4) is 0 Å². The molecule has 8 heteroatoms. The second-order valence-corrected chi connectivity index (χ2v) is 5.41. The lowest BCUT2D eigenvalue weighted by molar-refractivity contribution is 0.292. The molecular weight excluding hydrogens is 361 g/mol. The summed E-state index contributed by atoms with van der Waals surface area (Å²) in [6.07, 6.45) is 4.48. The molecule has 1 saturated heterocycles. The van der Waals surface area contributed by atoms with Gasteiger partial charge in [-0.1, -0.05) is 12.1 Å². The van der Waals surface area contributed by atoms with E-state index in [1.54, 1.807) is 18.5 Å². The summed E-state index contributed by atoms with van der Waals surface area (Å²) in [6, 6.07) is 9.50. The molecule has 25 heavy (non-hydrogen) atoms. The highest BCUT2D eigenvalue weighted by molar-refractivity contribution is 5.85. The summed E-state index contributed by atoms with van der Waals surface area (Å²) in [4.78, 5) is 11.0. The van der Waals surface area contributed by atoms with E-state index < -0.39 is 0 Å². The van der Waals surface area contributed by atoms with Crippen LogP contribution in [0, 0.1) is 11.3 Å². The van der Waals surface area contributed by atoms with Gasteiger partial charge in [-0.3, -0.25) is 4.98 Å². The number of ether oxygens (including phenoxy) is 1. The number of anilines is 1. The van der Waals surface area contributed by atoms with Crippen molar-refractivity contribution >= 4 is 30.6 Å². The lowest BCUT2D eigenvalue weighted by Gasteiger charge is -2.20. The molecule has 0 atom stereocenters. The van der Waals surface area contributed by atoms with Gasteiger partial charge in [0.2, 0.25) is 5.88 Å². The maximum Gasteiger partial charge on any atom is 0.234 e. The summed E-state index contributed by atoms with van der Waals surface area (Å²) >= 11 is 0. The average molecular weight is 382 g/mol. The van der Waals surface area contributed by atoms with E-state index in [1.165, 1.54) is 0 Å². The van der Waals surface area contributed by atoms with Crippen molar-refractivity contribution in [3.8, 4) is 11.9 Å². The molecule has 0 saturated carbocycles. The Morgan fingerprint density at radius 2 is 2.08 bits per heavy atom. The molecule has 1 aromatic heterocycles. The monoisotopic (exact) mass is 381 g/mol. The van der Waals surface area contributed by atoms with Crippen LogP contribution in [0.2, 0.25) is 0 Å². The predicted octanol–water partition coefficient (Wildman–Crippen LogP) is 2.57. The molecule has 1 N–H and O–H groups in total. The fourth-order valence-electron chi connectivity index (χ4n) is 2.52. The van der Waals surface area contributed by atoms with Gasteiger partial charge in [-0.05, 0) is 30.7 Å². The van der Waals surface area contributed by atoms with Gasteiger partial charge < -0.3 is 15.0 Å². The zero-order valence-corrected chi connectivity index (χ0v) is 15.4. The summed E-state index contributed by atoms with van der Waals surface area (Å²) in [5.41, 5.74) is 1.57. The van der Waals surface area contributed by atoms with Crippen LogP contribution in [0.5, 0.6) is 5.88 Å². The van der Waals surface area contributed by atoms with Crippen LogP contribution in [0.1, 0.15) is 17.5 Å². The number of aromatic nitrogens is 2. The first-order valence-corrected chi connectivity index (χ1v) is 7.75. The van der Waals surface area contributed by atoms with Crippen molar-refractivity contribution in [3.05, 3.63) is 47.8 Å². The number of benzene rings is 1. The van der Waals surface area contributed by atoms with Crippen LogP contribution in [-0.2, 0) is 6.61 Å². The lowest BCUT2D eigenvalue weighted by Crippen LogP contribution is -2.28. The van der Waals surface area contributed by atoms with Crippen molar-refractivity contribution in [2.24, 2.45) is 0 Å². The molecule has 2 heterocycles. The normalized spacial score (nSPS) is 13.6. The highest BCUT2D eigenvalue weighted by Gasteiger charge is 2.12. The zero-order chi connectivity index (χ0) is 15.9. The first kappa shape index (κ1) is 21.0. The SMILES string of the molecule is Cl.Cl.N#Cc1cccc(COc2cncc(N3CCCNCC3)n2)c1. The van der Waals surface area contributed by atoms with E-state index in [0.717, 1.165) is 44.0 Å². The minimum Gasteiger partial charge on any atom is -0.472 e. The molecule has 1 aliphatic rings. The molecule has 0 amide bonds. The number of hydrogen-bond donors (Lipinski definition) is 1. The average Bonchev–Trinajstić information content (AvgIpc) is 2.90. The Morgan fingerprint density at radius 1 is 1.20 bits per heavy atom. The van der Waals surface area contributed by atoms with Gasteiger partial charge in [0.1, 0.15) is 6.61 Å². The Morgan fingerprint density at radius 3 is 2.92 bits per heavy atom. The molecule has 2 aromatic rings. The van der Waals surface area contributed by atoms with E-state index in [9.17, 15) is 0 Å². The third-order valence-electron chi connectivity index (χ3n) is 3.71. The highest BCUT2D eigenvalue weighted by atomic mass is 35.5. The Hall–Kier alpha value is -2.07. The van der Waals surface area contributed by atoms with Crippen LogP contribution < -0.4 is 15.0 Å². The minimum atomic E-state index is 0. The lowest BCUT2D eigenvalue weighted by atomic mass is 10.1. The molecule has 0 aliphatic carbocycles. The molecule has 1 aromatic carbocycles. The molecule has 6 nitrogen and oxygen atoms in total. The smallest absolute Gasteiger partial charge is 0.234 e. The Bertz CT molecular complexity index is 699. The first-order chi connectivity index (χ1) is 11.3. The van der Waals surface area contributed by atoms with Crippen LogP contribution >= 0.6 is 24.8 Å². The molecule has 0 bridgehead atoms. The Kier molecular flexibility index (Phi) is 9.00. The second kappa shape index (κ2) is 10.7. The molecule has 134 valence electrons. The molecule has 0 spiro atoms. The van der Waals surface area contributed by atoms with Crippen molar-refractivity contribution in [1.82, 2.24) is 15.3 Å². The van der Waals surface area contributed by atoms with Gasteiger partial charge in [-0.25, -0.2) is 0 Å². The fourth-order valence-corrected chi connectivity index (χ4v) is 2.52. The molecule has 0 unspecified atom stereocenters. The molecule has 1 aliphatic heterocycles. The number of nitrogens with one attached hydrogen (secondary N) is 1. The molecule has 0 radical (unpaired) electrons. The zero-order valence-electron chi connectivity index (χ0n) is 13.7. The van der Waals surface area contributed by atoms with Gasteiger partial charge in [0, 0.05) is 19.6 Å². The number of nitriles is 1. The van der Waals surface area contributed by atoms with E-state index in [-0.39, 0.29) is 24.8 Å². The largest absolute Gasteiger partial charge is 0.472 e. The quantitative estimate of drug-likeness (QED) is 0.876. The maximum absolute atomic E-state index is 8.93. The van der Waals surface area contributed by atoms with Gasteiger partial charge in [-0.15, -0.1) is 24.8 Å². The van der Waals surface area contributed by atoms with Crippen molar-refractivity contribution in [2.45, 2.75) is 13.0 Å². The highest BCUT2D eigenvalue weighted by Crippen LogP contribution is 2.16. The number of hydrogen-bond acceptors (Lipinski definition) is 6. The summed E-state index contributed by atoms with van der Waals surface area (Å²) in [7, 11) is 0. The third kappa shape index (κ3) is 6.05. The minimum absolute atomic E-state index is 0. The summed E-state index contributed by atoms with van der Waals surface area (Å²) < 4.78 is 5.73. The van der Waals surface area contributed by atoms with Crippen molar-refractivity contribution in [1.29, 1.82) is 5.26 Å². The maximum atomic E-state index is 8.93. The Labute approximate surface area is 160 Å². The van der Waals surface area contributed by atoms with Gasteiger partial charge in [0.25, 0.3) is 0 Å². The molecule has 1 fully saturated rings. The summed E-state index contributed by atoms with van der Waals surface area (Å²) in [5, 5.41) is 12.3. The van der Waals surface area contributed by atoms with Gasteiger partial charge in [-0.2, -0.15) is 10.2 Å². The first-order valence-electron chi connectivity index (χ1n) is 7.75. The number of halogens is 2. The van der Waals surface area contributed by atoms with E-state index in [0.29, 0.717) is 18.1 Å². The third-order valence-corrected chi connectivity index (χ3v) is 3.71. The number of rotatable bonds is 4. The van der Waals surface area contributed by atoms with Crippen LogP contribution in [0.15, 0.2) is 36.7 Å².